The Morgan fingerprint density at radius 2 is 2.13 bits per heavy atom. The molecule has 0 radical (unpaired) electrons. The summed E-state index contributed by atoms with van der Waals surface area (Å²) in [5.74, 6) is -0.728. The average molecular weight is 311 g/mol. The molecule has 0 unspecified atom stereocenters. The second kappa shape index (κ2) is 6.27. The second-order valence-electron chi connectivity index (χ2n) is 4.92. The van der Waals surface area contributed by atoms with Gasteiger partial charge in [-0.3, -0.25) is 9.89 Å². The number of benzene rings is 1. The number of amides is 1. The summed E-state index contributed by atoms with van der Waals surface area (Å²) >= 11 is 0. The van der Waals surface area contributed by atoms with Crippen molar-refractivity contribution < 1.29 is 9.18 Å². The number of hydrogen-bond donors (Lipinski definition) is 2. The minimum absolute atomic E-state index is 0.272. The van der Waals surface area contributed by atoms with Crippen LogP contribution in [0, 0.1) is 5.82 Å². The first kappa shape index (κ1) is 14.7. The van der Waals surface area contributed by atoms with Crippen molar-refractivity contribution in [3.05, 3.63) is 65.9 Å². The van der Waals surface area contributed by atoms with E-state index in [9.17, 15) is 9.18 Å². The molecule has 3 rings (SSSR count). The van der Waals surface area contributed by atoms with Crippen LogP contribution in [0.15, 0.2) is 53.8 Å². The summed E-state index contributed by atoms with van der Waals surface area (Å²) in [4.78, 5) is 12.0. The van der Waals surface area contributed by atoms with Gasteiger partial charge in [-0.05, 0) is 42.5 Å². The van der Waals surface area contributed by atoms with E-state index in [1.807, 2.05) is 29.9 Å². The normalized spacial score (nSPS) is 11.0. The van der Waals surface area contributed by atoms with Crippen LogP contribution in [0.1, 0.15) is 16.2 Å². The fourth-order valence-corrected chi connectivity index (χ4v) is 2.03. The Morgan fingerprint density at radius 3 is 2.83 bits per heavy atom. The maximum Gasteiger partial charge on any atom is 0.289 e. The van der Waals surface area contributed by atoms with E-state index in [0.29, 0.717) is 11.3 Å². The number of aromatic amines is 1. The van der Waals surface area contributed by atoms with E-state index in [1.165, 1.54) is 12.1 Å². The van der Waals surface area contributed by atoms with Crippen molar-refractivity contribution in [3.63, 3.8) is 0 Å². The maximum atomic E-state index is 12.9. The van der Waals surface area contributed by atoms with Crippen LogP contribution in [0.2, 0.25) is 0 Å². The summed E-state index contributed by atoms with van der Waals surface area (Å²) < 4.78 is 14.8. The Labute approximate surface area is 131 Å². The number of carbonyl (C=O) groups excluding carboxylic acids is 1. The van der Waals surface area contributed by atoms with Crippen LogP contribution in [0.3, 0.4) is 0 Å². The Morgan fingerprint density at radius 1 is 1.35 bits per heavy atom. The lowest BCUT2D eigenvalue weighted by Gasteiger charge is -1.97. The standard InChI is InChI=1S/C16H14FN5O/c1-22-8-2-3-13(22)10-18-21-16(23)15-9-14(19-20-15)11-4-6-12(17)7-5-11/h2-10H,1H3,(H,19,20)(H,21,23). The van der Waals surface area contributed by atoms with Gasteiger partial charge in [0, 0.05) is 18.8 Å². The molecule has 0 saturated heterocycles. The Balaban J connectivity index is 1.68. The number of nitrogens with zero attached hydrogens (tertiary/aromatic N) is 3. The molecule has 0 aliphatic carbocycles. The Kier molecular flexibility index (Phi) is 4.01. The van der Waals surface area contributed by atoms with Gasteiger partial charge in [0.25, 0.3) is 5.91 Å². The predicted molar refractivity (Wildman–Crippen MR) is 84.5 cm³/mol. The molecule has 0 aliphatic rings. The topological polar surface area (TPSA) is 75.1 Å². The lowest BCUT2D eigenvalue weighted by molar-refractivity contribution is 0.0950. The highest BCUT2D eigenvalue weighted by molar-refractivity contribution is 5.94. The molecule has 2 N–H and O–H groups in total. The fraction of sp³-hybridized carbons (Fsp3) is 0.0625. The van der Waals surface area contributed by atoms with Gasteiger partial charge in [0.15, 0.2) is 0 Å². The molecular weight excluding hydrogens is 297 g/mol. The van der Waals surface area contributed by atoms with Crippen LogP contribution >= 0.6 is 0 Å². The molecule has 0 spiro atoms. The highest BCUT2D eigenvalue weighted by atomic mass is 19.1. The molecule has 116 valence electrons. The zero-order chi connectivity index (χ0) is 16.2. The lowest BCUT2D eigenvalue weighted by Crippen LogP contribution is -2.18. The number of aromatic nitrogens is 3. The van der Waals surface area contributed by atoms with Crippen LogP contribution in [0.4, 0.5) is 4.39 Å². The third-order valence-electron chi connectivity index (χ3n) is 3.31. The van der Waals surface area contributed by atoms with Crippen LogP contribution in [0.5, 0.6) is 0 Å². The third kappa shape index (κ3) is 3.34. The van der Waals surface area contributed by atoms with E-state index < -0.39 is 5.91 Å². The molecule has 7 heteroatoms. The monoisotopic (exact) mass is 311 g/mol. The number of rotatable bonds is 4. The van der Waals surface area contributed by atoms with E-state index in [1.54, 1.807) is 24.4 Å². The second-order valence-corrected chi connectivity index (χ2v) is 4.92. The van der Waals surface area contributed by atoms with Gasteiger partial charge in [-0.15, -0.1) is 0 Å². The molecule has 1 amide bonds. The van der Waals surface area contributed by atoms with Gasteiger partial charge in [-0.1, -0.05) is 0 Å². The molecule has 2 heterocycles. The molecule has 3 aromatic rings. The van der Waals surface area contributed by atoms with Crippen LogP contribution in [-0.2, 0) is 7.05 Å². The van der Waals surface area contributed by atoms with Gasteiger partial charge in [0.05, 0.1) is 17.6 Å². The molecule has 0 atom stereocenters. The number of carbonyl (C=O) groups is 1. The fourth-order valence-electron chi connectivity index (χ4n) is 2.03. The molecular formula is C16H14FN5O. The first-order valence-electron chi connectivity index (χ1n) is 6.89. The summed E-state index contributed by atoms with van der Waals surface area (Å²) in [6.45, 7) is 0. The lowest BCUT2D eigenvalue weighted by atomic mass is 10.1. The van der Waals surface area contributed by atoms with Gasteiger partial charge < -0.3 is 4.57 Å². The molecule has 0 saturated carbocycles. The van der Waals surface area contributed by atoms with Gasteiger partial charge in [-0.25, -0.2) is 9.82 Å². The quantitative estimate of drug-likeness (QED) is 0.573. The van der Waals surface area contributed by atoms with Crippen molar-refractivity contribution in [1.82, 2.24) is 20.2 Å². The Bertz CT molecular complexity index is 847. The van der Waals surface area contributed by atoms with Crippen LogP contribution < -0.4 is 5.43 Å². The summed E-state index contributed by atoms with van der Waals surface area (Å²) in [7, 11) is 1.88. The zero-order valence-electron chi connectivity index (χ0n) is 12.3. The van der Waals surface area contributed by atoms with E-state index in [0.717, 1.165) is 5.69 Å². The first-order valence-corrected chi connectivity index (χ1v) is 6.89. The Hall–Kier alpha value is -3.22. The van der Waals surface area contributed by atoms with E-state index in [2.05, 4.69) is 20.7 Å². The number of H-pyrrole nitrogens is 1. The largest absolute Gasteiger partial charge is 0.350 e. The minimum Gasteiger partial charge on any atom is -0.350 e. The third-order valence-corrected chi connectivity index (χ3v) is 3.31. The van der Waals surface area contributed by atoms with Gasteiger partial charge in [0.1, 0.15) is 11.5 Å². The summed E-state index contributed by atoms with van der Waals surface area (Å²) in [6, 6.07) is 11.2. The smallest absolute Gasteiger partial charge is 0.289 e. The molecule has 23 heavy (non-hydrogen) atoms. The summed E-state index contributed by atoms with van der Waals surface area (Å²) in [5, 5.41) is 10.6. The summed E-state index contributed by atoms with van der Waals surface area (Å²) in [6.07, 6.45) is 3.43. The van der Waals surface area contributed by atoms with Crippen molar-refractivity contribution in [1.29, 1.82) is 0 Å². The number of hydrogen-bond acceptors (Lipinski definition) is 3. The SMILES string of the molecule is Cn1cccc1C=NNC(=O)c1cc(-c2ccc(F)cc2)n[nH]1. The van der Waals surface area contributed by atoms with Crippen molar-refractivity contribution in [3.8, 4) is 11.3 Å². The zero-order valence-corrected chi connectivity index (χ0v) is 12.3. The van der Waals surface area contributed by atoms with Crippen molar-refractivity contribution in [2.75, 3.05) is 0 Å². The summed E-state index contributed by atoms with van der Waals surface area (Å²) in [5.41, 5.74) is 4.83. The van der Waals surface area contributed by atoms with Crippen molar-refractivity contribution >= 4 is 12.1 Å². The van der Waals surface area contributed by atoms with Gasteiger partial charge >= 0.3 is 0 Å². The van der Waals surface area contributed by atoms with Crippen molar-refractivity contribution in [2.45, 2.75) is 0 Å². The average Bonchev–Trinajstić information content (AvgIpc) is 3.18. The predicted octanol–water partition coefficient (Wildman–Crippen LogP) is 2.32. The molecule has 0 fully saturated rings. The van der Waals surface area contributed by atoms with Crippen LogP contribution in [-0.4, -0.2) is 26.9 Å². The van der Waals surface area contributed by atoms with Gasteiger partial charge in [0.2, 0.25) is 0 Å². The molecule has 0 aliphatic heterocycles. The highest BCUT2D eigenvalue weighted by Gasteiger charge is 2.10. The van der Waals surface area contributed by atoms with E-state index in [4.69, 9.17) is 0 Å². The number of nitrogens with one attached hydrogen (secondary N) is 2. The molecule has 6 nitrogen and oxygen atoms in total. The molecule has 1 aromatic carbocycles. The van der Waals surface area contributed by atoms with Crippen LogP contribution in [0.25, 0.3) is 11.3 Å². The number of halogens is 1. The first-order chi connectivity index (χ1) is 11.1. The van der Waals surface area contributed by atoms with Gasteiger partial charge in [-0.2, -0.15) is 10.2 Å². The minimum atomic E-state index is -0.406. The van der Waals surface area contributed by atoms with E-state index in [-0.39, 0.29) is 11.5 Å². The van der Waals surface area contributed by atoms with Crippen molar-refractivity contribution in [2.24, 2.45) is 12.1 Å². The number of hydrazone groups is 1. The maximum absolute atomic E-state index is 12.9. The highest BCUT2D eigenvalue weighted by Crippen LogP contribution is 2.17. The number of aryl methyl sites for hydroxylation is 1. The molecule has 0 bridgehead atoms. The molecule has 2 aromatic heterocycles. The van der Waals surface area contributed by atoms with E-state index >= 15 is 0 Å².